The predicted molar refractivity (Wildman–Crippen MR) is 141 cm³/mol. The average Bonchev–Trinajstić information content (AvgIpc) is 2.71. The quantitative estimate of drug-likeness (QED) is 0.397. The van der Waals surface area contributed by atoms with Gasteiger partial charge >= 0.3 is 0 Å². The van der Waals surface area contributed by atoms with Crippen molar-refractivity contribution in [1.82, 2.24) is 0 Å². The van der Waals surface area contributed by atoms with E-state index in [1.807, 2.05) is 0 Å². The van der Waals surface area contributed by atoms with Crippen LogP contribution in [0, 0.1) is 51.2 Å². The second-order valence-electron chi connectivity index (χ2n) is 15.7. The van der Waals surface area contributed by atoms with Crippen molar-refractivity contribution < 1.29 is 10.2 Å². The van der Waals surface area contributed by atoms with E-state index in [4.69, 9.17) is 0 Å². The number of aliphatic hydroxyl groups excluding tert-OH is 2. The molecule has 7 atom stereocenters. The van der Waals surface area contributed by atoms with Gasteiger partial charge in [0.2, 0.25) is 0 Å². The van der Waals surface area contributed by atoms with Crippen molar-refractivity contribution in [3.8, 4) is 0 Å². The summed E-state index contributed by atoms with van der Waals surface area (Å²) in [7, 11) is 0. The van der Waals surface area contributed by atoms with Crippen LogP contribution in [0.25, 0.3) is 0 Å². The Morgan fingerprint density at radius 3 is 1.66 bits per heavy atom. The molecule has 0 radical (unpaired) electrons. The summed E-state index contributed by atoms with van der Waals surface area (Å²) in [6, 6.07) is 0. The molecule has 0 aromatic heterocycles. The maximum absolute atomic E-state index is 11.5. The van der Waals surface area contributed by atoms with Crippen molar-refractivity contribution in [1.29, 1.82) is 0 Å². The Hall–Kier alpha value is -0.0800. The van der Waals surface area contributed by atoms with E-state index in [1.54, 1.807) is 0 Å². The fraction of sp³-hybridized carbons (Fsp3) is 1.00. The zero-order chi connectivity index (χ0) is 25.3. The van der Waals surface area contributed by atoms with Crippen LogP contribution in [0.4, 0.5) is 0 Å². The molecule has 1 rings (SSSR count). The van der Waals surface area contributed by atoms with E-state index in [2.05, 4.69) is 90.0 Å². The molecule has 0 bridgehead atoms. The Morgan fingerprint density at radius 1 is 0.781 bits per heavy atom. The van der Waals surface area contributed by atoms with E-state index in [-0.39, 0.29) is 33.9 Å². The van der Waals surface area contributed by atoms with Gasteiger partial charge in [0.1, 0.15) is 0 Å². The summed E-state index contributed by atoms with van der Waals surface area (Å²) in [6.07, 6.45) is 6.04. The van der Waals surface area contributed by atoms with Gasteiger partial charge in [-0.15, -0.1) is 0 Å². The first kappa shape index (κ1) is 30.0. The lowest BCUT2D eigenvalue weighted by Gasteiger charge is -2.43. The van der Waals surface area contributed by atoms with Crippen LogP contribution in [0.2, 0.25) is 0 Å². The first-order valence-electron chi connectivity index (χ1n) is 13.5. The van der Waals surface area contributed by atoms with Crippen molar-refractivity contribution >= 4 is 0 Å². The first-order chi connectivity index (χ1) is 14.2. The molecule has 0 aromatic carbocycles. The van der Waals surface area contributed by atoms with Crippen molar-refractivity contribution in [2.45, 2.75) is 141 Å². The molecular formula is C30H60O2. The van der Waals surface area contributed by atoms with E-state index in [0.29, 0.717) is 29.6 Å². The van der Waals surface area contributed by atoms with Crippen LogP contribution in [0.1, 0.15) is 129 Å². The van der Waals surface area contributed by atoms with Crippen LogP contribution in [0.3, 0.4) is 0 Å². The highest BCUT2D eigenvalue weighted by atomic mass is 16.3. The van der Waals surface area contributed by atoms with Crippen molar-refractivity contribution in [3.63, 3.8) is 0 Å². The third-order valence-electron chi connectivity index (χ3n) is 8.60. The Balaban J connectivity index is 3.22. The molecule has 1 aliphatic carbocycles. The normalized spacial score (nSPS) is 29.3. The van der Waals surface area contributed by atoms with Crippen LogP contribution in [0.5, 0.6) is 0 Å². The van der Waals surface area contributed by atoms with Gasteiger partial charge in [-0.05, 0) is 83.4 Å². The molecule has 2 N–H and O–H groups in total. The number of hydrogen-bond donors (Lipinski definition) is 2. The summed E-state index contributed by atoms with van der Waals surface area (Å²) >= 11 is 0. The predicted octanol–water partition coefficient (Wildman–Crippen LogP) is 8.35. The van der Waals surface area contributed by atoms with Crippen LogP contribution in [-0.2, 0) is 0 Å². The summed E-state index contributed by atoms with van der Waals surface area (Å²) in [5.74, 6) is 2.19. The van der Waals surface area contributed by atoms with Crippen LogP contribution in [-0.4, -0.2) is 22.4 Å². The summed E-state index contributed by atoms with van der Waals surface area (Å²) in [6.45, 7) is 29.8. The highest BCUT2D eigenvalue weighted by molar-refractivity contribution is 4.95. The minimum Gasteiger partial charge on any atom is -0.393 e. The molecule has 1 aliphatic rings. The smallest absolute Gasteiger partial charge is 0.0606 e. The minimum absolute atomic E-state index is 0.0830. The highest BCUT2D eigenvalue weighted by Crippen LogP contribution is 2.50. The molecule has 0 heterocycles. The van der Waals surface area contributed by atoms with Gasteiger partial charge in [0.05, 0.1) is 12.2 Å². The third kappa shape index (κ3) is 8.61. The van der Waals surface area contributed by atoms with Gasteiger partial charge in [0.15, 0.2) is 0 Å². The zero-order valence-corrected chi connectivity index (χ0v) is 24.2. The molecule has 7 unspecified atom stereocenters. The van der Waals surface area contributed by atoms with Gasteiger partial charge in [-0.1, -0.05) is 96.4 Å². The van der Waals surface area contributed by atoms with E-state index < -0.39 is 0 Å². The Morgan fingerprint density at radius 2 is 1.28 bits per heavy atom. The van der Waals surface area contributed by atoms with E-state index in [0.717, 1.165) is 32.1 Å². The second-order valence-corrected chi connectivity index (χ2v) is 15.7. The molecule has 0 aliphatic heterocycles. The Kier molecular flexibility index (Phi) is 9.99. The van der Waals surface area contributed by atoms with E-state index in [9.17, 15) is 10.2 Å². The standard InChI is InChI=1S/C30H60O2/c1-14-20(17-23(29(8,9)10)25(31)19-27(2,3)4)21-15-16-22(28(5,6)7)26(32)24(18-21)30(11,12)13/h20-26,31-32H,14-19H2,1-13H3. The van der Waals surface area contributed by atoms with Crippen LogP contribution >= 0.6 is 0 Å². The molecule has 1 fully saturated rings. The largest absolute Gasteiger partial charge is 0.393 e. The summed E-state index contributed by atoms with van der Waals surface area (Å²) in [4.78, 5) is 0. The SMILES string of the molecule is CCC(CC(C(O)CC(C)(C)C)C(C)(C)C)C1CCC(C(C)(C)C)C(O)C(C(C)(C)C)C1. The fourth-order valence-electron chi connectivity index (χ4n) is 6.54. The average molecular weight is 453 g/mol. The number of hydrogen-bond acceptors (Lipinski definition) is 2. The maximum Gasteiger partial charge on any atom is 0.0606 e. The molecule has 192 valence electrons. The summed E-state index contributed by atoms with van der Waals surface area (Å²) < 4.78 is 0. The fourth-order valence-corrected chi connectivity index (χ4v) is 6.54. The topological polar surface area (TPSA) is 40.5 Å². The van der Waals surface area contributed by atoms with Crippen molar-refractivity contribution in [3.05, 3.63) is 0 Å². The van der Waals surface area contributed by atoms with Crippen LogP contribution < -0.4 is 0 Å². The summed E-state index contributed by atoms with van der Waals surface area (Å²) in [5.41, 5.74) is 0.434. The lowest BCUT2D eigenvalue weighted by Crippen LogP contribution is -2.41. The minimum atomic E-state index is -0.263. The van der Waals surface area contributed by atoms with Gasteiger partial charge in [0.25, 0.3) is 0 Å². The van der Waals surface area contributed by atoms with Crippen LogP contribution in [0.15, 0.2) is 0 Å². The summed E-state index contributed by atoms with van der Waals surface area (Å²) in [5, 5.41) is 22.8. The van der Waals surface area contributed by atoms with Crippen molar-refractivity contribution in [2.24, 2.45) is 51.2 Å². The van der Waals surface area contributed by atoms with Gasteiger partial charge in [0, 0.05) is 0 Å². The molecule has 0 aromatic rings. The molecule has 0 saturated heterocycles. The monoisotopic (exact) mass is 452 g/mol. The van der Waals surface area contributed by atoms with E-state index in [1.165, 1.54) is 6.42 Å². The lowest BCUT2D eigenvalue weighted by molar-refractivity contribution is -0.0386. The molecule has 0 spiro atoms. The third-order valence-corrected chi connectivity index (χ3v) is 8.60. The number of aliphatic hydroxyl groups is 2. The molecule has 1 saturated carbocycles. The Labute approximate surface area is 202 Å². The molecule has 2 heteroatoms. The van der Waals surface area contributed by atoms with Gasteiger partial charge in [-0.2, -0.15) is 0 Å². The van der Waals surface area contributed by atoms with Crippen molar-refractivity contribution in [2.75, 3.05) is 0 Å². The van der Waals surface area contributed by atoms with Gasteiger partial charge in [-0.25, -0.2) is 0 Å². The maximum atomic E-state index is 11.5. The van der Waals surface area contributed by atoms with E-state index >= 15 is 0 Å². The zero-order valence-electron chi connectivity index (χ0n) is 24.2. The van der Waals surface area contributed by atoms with Gasteiger partial charge in [-0.3, -0.25) is 0 Å². The number of rotatable bonds is 6. The molecular weight excluding hydrogens is 392 g/mol. The second kappa shape index (κ2) is 10.7. The van der Waals surface area contributed by atoms with Gasteiger partial charge < -0.3 is 10.2 Å². The highest BCUT2D eigenvalue weighted by Gasteiger charge is 2.45. The molecule has 0 amide bonds. The lowest BCUT2D eigenvalue weighted by atomic mass is 9.64. The Bertz CT molecular complexity index is 551. The first-order valence-corrected chi connectivity index (χ1v) is 13.5. The molecule has 2 nitrogen and oxygen atoms in total. The molecule has 32 heavy (non-hydrogen) atoms.